The Morgan fingerprint density at radius 3 is 2.03 bits per heavy atom. The Bertz CT molecular complexity index is 847. The Hall–Kier alpha value is -1.72. The van der Waals surface area contributed by atoms with Crippen LogP contribution in [-0.2, 0) is 13.9 Å². The molecule has 0 aromatic heterocycles. The zero-order chi connectivity index (χ0) is 24.7. The SMILES string of the molecule is CCCCC/C=C\C[C@H](O[Si](c1ccccc1)(c1ccccc1)C(C)(C)C)[C@H]1COC(C)(C)O1. The number of ether oxygens (including phenoxy) is 2. The minimum absolute atomic E-state index is 0.0756. The number of hydrogen-bond donors (Lipinski definition) is 0. The summed E-state index contributed by atoms with van der Waals surface area (Å²) in [7, 11) is -2.68. The monoisotopic (exact) mass is 480 g/mol. The van der Waals surface area contributed by atoms with E-state index in [-0.39, 0.29) is 17.2 Å². The summed E-state index contributed by atoms with van der Waals surface area (Å²) in [5, 5.41) is 2.51. The minimum Gasteiger partial charge on any atom is -0.401 e. The molecule has 0 N–H and O–H groups in total. The fourth-order valence-electron chi connectivity index (χ4n) is 4.95. The summed E-state index contributed by atoms with van der Waals surface area (Å²) in [5.41, 5.74) is 0. The molecule has 2 aromatic carbocycles. The number of allylic oxidation sites excluding steroid dienone is 1. The number of hydrogen-bond acceptors (Lipinski definition) is 3. The van der Waals surface area contributed by atoms with E-state index in [1.54, 1.807) is 0 Å². The lowest BCUT2D eigenvalue weighted by atomic mass is 10.1. The van der Waals surface area contributed by atoms with E-state index >= 15 is 0 Å². The fourth-order valence-corrected chi connectivity index (χ4v) is 9.67. The first-order valence-corrected chi connectivity index (χ1v) is 14.9. The average molecular weight is 481 g/mol. The van der Waals surface area contributed by atoms with Gasteiger partial charge in [0.2, 0.25) is 0 Å². The van der Waals surface area contributed by atoms with E-state index in [2.05, 4.69) is 101 Å². The van der Waals surface area contributed by atoms with Crippen LogP contribution in [0.2, 0.25) is 5.04 Å². The van der Waals surface area contributed by atoms with E-state index in [0.717, 1.165) is 12.8 Å². The van der Waals surface area contributed by atoms with Crippen molar-refractivity contribution in [2.45, 2.75) is 96.7 Å². The van der Waals surface area contributed by atoms with Gasteiger partial charge in [-0.2, -0.15) is 0 Å². The predicted octanol–water partition coefficient (Wildman–Crippen LogP) is 6.61. The lowest BCUT2D eigenvalue weighted by Crippen LogP contribution is -2.68. The molecule has 0 spiro atoms. The lowest BCUT2D eigenvalue weighted by molar-refractivity contribution is -0.149. The highest BCUT2D eigenvalue weighted by Gasteiger charge is 2.53. The van der Waals surface area contributed by atoms with Crippen LogP contribution >= 0.6 is 0 Å². The first-order chi connectivity index (χ1) is 16.2. The van der Waals surface area contributed by atoms with Gasteiger partial charge in [0.25, 0.3) is 8.32 Å². The van der Waals surface area contributed by atoms with Crippen molar-refractivity contribution >= 4 is 18.7 Å². The molecule has 3 rings (SSSR count). The summed E-state index contributed by atoms with van der Waals surface area (Å²) in [5.74, 6) is -0.581. The molecule has 2 aromatic rings. The maximum absolute atomic E-state index is 7.46. The van der Waals surface area contributed by atoms with E-state index in [0.29, 0.717) is 6.61 Å². The van der Waals surface area contributed by atoms with Gasteiger partial charge in [-0.15, -0.1) is 0 Å². The van der Waals surface area contributed by atoms with Crippen LogP contribution in [-0.4, -0.2) is 32.9 Å². The number of unbranched alkanes of at least 4 members (excludes halogenated alkanes) is 3. The standard InChI is InChI=1S/C30H44O3Si/c1-7-8-9-10-11-18-23-27(28-24-31-30(5,6)32-28)33-34(29(2,3)4,25-19-14-12-15-20-25)26-21-16-13-17-22-26/h11-22,27-28H,7-10,23-24H2,1-6H3/b18-11-/t27-,28+/m0/s1. The van der Waals surface area contributed by atoms with Gasteiger partial charge in [-0.3, -0.25) is 0 Å². The van der Waals surface area contributed by atoms with Gasteiger partial charge in [-0.05, 0) is 48.5 Å². The summed E-state index contributed by atoms with van der Waals surface area (Å²) in [6.45, 7) is 13.8. The first kappa shape index (κ1) is 26.9. The Morgan fingerprint density at radius 1 is 0.971 bits per heavy atom. The summed E-state index contributed by atoms with van der Waals surface area (Å²) < 4.78 is 19.8. The second kappa shape index (κ2) is 11.8. The molecule has 4 heteroatoms. The van der Waals surface area contributed by atoms with E-state index in [9.17, 15) is 0 Å². The molecule has 1 heterocycles. The third-order valence-corrected chi connectivity index (χ3v) is 11.8. The minimum atomic E-state index is -2.68. The van der Waals surface area contributed by atoms with Crippen LogP contribution in [0.3, 0.4) is 0 Å². The average Bonchev–Trinajstić information content (AvgIpc) is 3.18. The van der Waals surface area contributed by atoms with Gasteiger partial charge < -0.3 is 13.9 Å². The highest BCUT2D eigenvalue weighted by Crippen LogP contribution is 2.39. The molecule has 0 radical (unpaired) electrons. The van der Waals surface area contributed by atoms with E-state index < -0.39 is 14.1 Å². The van der Waals surface area contributed by atoms with Crippen LogP contribution in [0.25, 0.3) is 0 Å². The quantitative estimate of drug-likeness (QED) is 0.206. The zero-order valence-corrected chi connectivity index (χ0v) is 23.1. The summed E-state index contributed by atoms with van der Waals surface area (Å²) in [6.07, 6.45) is 10.1. The van der Waals surface area contributed by atoms with Crippen molar-refractivity contribution in [3.8, 4) is 0 Å². The number of rotatable bonds is 11. The fraction of sp³-hybridized carbons (Fsp3) is 0.533. The second-order valence-corrected chi connectivity index (χ2v) is 15.1. The molecule has 2 atom stereocenters. The van der Waals surface area contributed by atoms with Crippen LogP contribution in [0.15, 0.2) is 72.8 Å². The molecular formula is C30H44O3Si. The highest BCUT2D eigenvalue weighted by molar-refractivity contribution is 6.99. The Morgan fingerprint density at radius 2 is 1.56 bits per heavy atom. The molecule has 0 saturated carbocycles. The smallest absolute Gasteiger partial charge is 0.261 e. The van der Waals surface area contributed by atoms with Crippen LogP contribution in [0.4, 0.5) is 0 Å². The summed E-state index contributed by atoms with van der Waals surface area (Å²) in [4.78, 5) is 0. The Kier molecular flexibility index (Phi) is 9.33. The topological polar surface area (TPSA) is 27.7 Å². The van der Waals surface area contributed by atoms with Crippen LogP contribution < -0.4 is 10.4 Å². The maximum atomic E-state index is 7.46. The predicted molar refractivity (Wildman–Crippen MR) is 145 cm³/mol. The molecule has 1 fully saturated rings. The Balaban J connectivity index is 2.01. The zero-order valence-electron chi connectivity index (χ0n) is 22.1. The lowest BCUT2D eigenvalue weighted by Gasteiger charge is -2.46. The first-order valence-electron chi connectivity index (χ1n) is 13.0. The van der Waals surface area contributed by atoms with Gasteiger partial charge in [0.05, 0.1) is 12.7 Å². The van der Waals surface area contributed by atoms with Crippen molar-refractivity contribution < 1.29 is 13.9 Å². The van der Waals surface area contributed by atoms with Crippen LogP contribution in [0, 0.1) is 0 Å². The molecule has 3 nitrogen and oxygen atoms in total. The molecule has 186 valence electrons. The van der Waals surface area contributed by atoms with Crippen molar-refractivity contribution in [2.24, 2.45) is 0 Å². The Labute approximate surface area is 208 Å². The van der Waals surface area contributed by atoms with Gasteiger partial charge in [-0.1, -0.05) is 113 Å². The summed E-state index contributed by atoms with van der Waals surface area (Å²) >= 11 is 0. The molecule has 0 amide bonds. The molecule has 0 unspecified atom stereocenters. The van der Waals surface area contributed by atoms with Crippen molar-refractivity contribution in [3.05, 3.63) is 72.8 Å². The van der Waals surface area contributed by atoms with Gasteiger partial charge in [0, 0.05) is 0 Å². The number of benzene rings is 2. The van der Waals surface area contributed by atoms with Crippen molar-refractivity contribution in [1.82, 2.24) is 0 Å². The third kappa shape index (κ3) is 6.48. The third-order valence-electron chi connectivity index (χ3n) is 6.70. The highest BCUT2D eigenvalue weighted by atomic mass is 28.4. The molecule has 0 bridgehead atoms. The molecule has 34 heavy (non-hydrogen) atoms. The van der Waals surface area contributed by atoms with Gasteiger partial charge in [0.15, 0.2) is 5.79 Å². The van der Waals surface area contributed by atoms with Gasteiger partial charge in [-0.25, -0.2) is 0 Å². The molecule has 1 aliphatic heterocycles. The second-order valence-electron chi connectivity index (χ2n) is 10.9. The van der Waals surface area contributed by atoms with Crippen LogP contribution in [0.5, 0.6) is 0 Å². The van der Waals surface area contributed by atoms with E-state index in [1.165, 1.54) is 29.6 Å². The summed E-state index contributed by atoms with van der Waals surface area (Å²) in [6, 6.07) is 21.7. The van der Waals surface area contributed by atoms with Crippen LogP contribution in [0.1, 0.15) is 73.6 Å². The molecule has 1 aliphatic rings. The van der Waals surface area contributed by atoms with E-state index in [1.807, 2.05) is 13.8 Å². The largest absolute Gasteiger partial charge is 0.401 e. The molecule has 0 aliphatic carbocycles. The van der Waals surface area contributed by atoms with Crippen molar-refractivity contribution in [1.29, 1.82) is 0 Å². The van der Waals surface area contributed by atoms with Gasteiger partial charge >= 0.3 is 0 Å². The maximum Gasteiger partial charge on any atom is 0.261 e. The normalized spacial score (nSPS) is 19.5. The van der Waals surface area contributed by atoms with Gasteiger partial charge in [0.1, 0.15) is 6.10 Å². The van der Waals surface area contributed by atoms with Crippen molar-refractivity contribution in [2.75, 3.05) is 6.61 Å². The van der Waals surface area contributed by atoms with E-state index in [4.69, 9.17) is 13.9 Å². The molecular weight excluding hydrogens is 436 g/mol. The molecule has 1 saturated heterocycles. The van der Waals surface area contributed by atoms with Crippen molar-refractivity contribution in [3.63, 3.8) is 0 Å².